The van der Waals surface area contributed by atoms with E-state index in [-0.39, 0.29) is 0 Å². The summed E-state index contributed by atoms with van der Waals surface area (Å²) in [6.45, 7) is 5.05. The van der Waals surface area contributed by atoms with Crippen LogP contribution in [0.4, 0.5) is 0 Å². The highest BCUT2D eigenvalue weighted by Crippen LogP contribution is 2.45. The molecular weight excluding hydrogens is 268 g/mol. The predicted octanol–water partition coefficient (Wildman–Crippen LogP) is 5.19. The maximum atomic E-state index is 2.53. The Labute approximate surface area is 127 Å². The zero-order chi connectivity index (χ0) is 14.4. The molecule has 0 aliphatic heterocycles. The van der Waals surface area contributed by atoms with E-state index in [0.717, 1.165) is 0 Å². The van der Waals surface area contributed by atoms with Crippen LogP contribution in [-0.2, 0) is 0 Å². The summed E-state index contributed by atoms with van der Waals surface area (Å²) >= 11 is 0. The Kier molecular flexibility index (Phi) is 2.80. The highest BCUT2D eigenvalue weighted by Gasteiger charge is 2.41. The average Bonchev–Trinajstić information content (AvgIpc) is 3.12. The number of benzene rings is 1. The standard InChI is InChI=1S/C20H20Si/c1-21(2,19-13-11-15-7-3-5-9-17(15)19)20-14-12-16-8-4-6-10-18(16)20/h3-14,17,20H,1-2H3. The molecule has 0 saturated carbocycles. The molecule has 21 heavy (non-hydrogen) atoms. The van der Waals surface area contributed by atoms with E-state index in [9.17, 15) is 0 Å². The minimum absolute atomic E-state index is 0.526. The summed E-state index contributed by atoms with van der Waals surface area (Å²) in [5, 5.41) is 1.67. The quantitative estimate of drug-likeness (QED) is 0.657. The van der Waals surface area contributed by atoms with Crippen molar-refractivity contribution in [1.29, 1.82) is 0 Å². The molecule has 0 bridgehead atoms. The van der Waals surface area contributed by atoms with Crippen LogP contribution in [-0.4, -0.2) is 8.07 Å². The molecule has 0 amide bonds. The van der Waals surface area contributed by atoms with Gasteiger partial charge >= 0.3 is 0 Å². The smallest absolute Gasteiger partial charge is 0.0788 e. The van der Waals surface area contributed by atoms with E-state index in [1.807, 2.05) is 0 Å². The second-order valence-electron chi connectivity index (χ2n) is 6.70. The molecule has 3 aliphatic carbocycles. The Morgan fingerprint density at radius 3 is 2.67 bits per heavy atom. The lowest BCUT2D eigenvalue weighted by atomic mass is 9.98. The van der Waals surface area contributed by atoms with Gasteiger partial charge in [0.05, 0.1) is 8.07 Å². The molecule has 3 aliphatic rings. The zero-order valence-corrected chi connectivity index (χ0v) is 13.6. The van der Waals surface area contributed by atoms with Crippen molar-refractivity contribution in [2.75, 3.05) is 0 Å². The average molecular weight is 288 g/mol. The molecule has 0 spiro atoms. The fraction of sp³-hybridized carbons (Fsp3) is 0.200. The van der Waals surface area contributed by atoms with Crippen LogP contribution in [0.15, 0.2) is 77.6 Å². The van der Waals surface area contributed by atoms with E-state index in [1.165, 1.54) is 16.7 Å². The maximum absolute atomic E-state index is 2.53. The number of fused-ring (bicyclic) bond motifs is 2. The van der Waals surface area contributed by atoms with Gasteiger partial charge in [-0.2, -0.15) is 0 Å². The predicted molar refractivity (Wildman–Crippen MR) is 93.6 cm³/mol. The third-order valence-electron chi connectivity index (χ3n) is 5.17. The molecule has 0 N–H and O–H groups in total. The largest absolute Gasteiger partial charge is 0.0881 e. The van der Waals surface area contributed by atoms with Gasteiger partial charge in [0, 0.05) is 11.5 Å². The van der Waals surface area contributed by atoms with Crippen molar-refractivity contribution in [1.82, 2.24) is 0 Å². The van der Waals surface area contributed by atoms with Crippen LogP contribution in [0.1, 0.15) is 16.7 Å². The topological polar surface area (TPSA) is 0 Å². The normalized spacial score (nSPS) is 25.6. The van der Waals surface area contributed by atoms with Gasteiger partial charge < -0.3 is 0 Å². The maximum Gasteiger partial charge on any atom is 0.0881 e. The van der Waals surface area contributed by atoms with E-state index in [1.54, 1.807) is 5.20 Å². The molecule has 0 saturated heterocycles. The molecule has 0 radical (unpaired) electrons. The number of hydrogen-bond donors (Lipinski definition) is 0. The lowest BCUT2D eigenvalue weighted by molar-refractivity contribution is 0.966. The van der Waals surface area contributed by atoms with E-state index in [2.05, 4.69) is 86.0 Å². The molecule has 4 rings (SSSR count). The highest BCUT2D eigenvalue weighted by atomic mass is 28.3. The first-order valence-corrected chi connectivity index (χ1v) is 10.8. The van der Waals surface area contributed by atoms with Gasteiger partial charge in [0.25, 0.3) is 0 Å². The molecular formula is C20H20Si. The third kappa shape index (κ3) is 1.88. The summed E-state index contributed by atoms with van der Waals surface area (Å²) in [5.41, 5.74) is 5.00. The minimum atomic E-state index is -1.56. The summed E-state index contributed by atoms with van der Waals surface area (Å²) in [7, 11) is -1.56. The van der Waals surface area contributed by atoms with Gasteiger partial charge in [-0.05, 0) is 16.7 Å². The van der Waals surface area contributed by atoms with Gasteiger partial charge in [-0.3, -0.25) is 0 Å². The SMILES string of the molecule is C[Si](C)(C1=CC=C2C=CC=CC21)C1C=Cc2ccccc21. The van der Waals surface area contributed by atoms with Gasteiger partial charge in [0.2, 0.25) is 0 Å². The number of hydrogen-bond acceptors (Lipinski definition) is 0. The Morgan fingerprint density at radius 2 is 1.76 bits per heavy atom. The van der Waals surface area contributed by atoms with E-state index < -0.39 is 8.07 Å². The molecule has 1 aromatic carbocycles. The first kappa shape index (κ1) is 12.8. The minimum Gasteiger partial charge on any atom is -0.0788 e. The number of allylic oxidation sites excluding steroid dienone is 9. The molecule has 0 aromatic heterocycles. The first-order valence-electron chi connectivity index (χ1n) is 7.72. The Balaban J connectivity index is 1.72. The van der Waals surface area contributed by atoms with Gasteiger partial charge in [-0.15, -0.1) is 0 Å². The molecule has 104 valence electrons. The summed E-state index contributed by atoms with van der Waals surface area (Å²) in [6.07, 6.45) is 18.5. The van der Waals surface area contributed by atoms with Crippen LogP contribution < -0.4 is 0 Å². The fourth-order valence-corrected chi connectivity index (χ4v) is 7.52. The van der Waals surface area contributed by atoms with Gasteiger partial charge in [-0.1, -0.05) is 91.2 Å². The number of rotatable bonds is 2. The first-order chi connectivity index (χ1) is 10.2. The van der Waals surface area contributed by atoms with Crippen molar-refractivity contribution in [3.05, 3.63) is 88.7 Å². The molecule has 1 aromatic rings. The van der Waals surface area contributed by atoms with Crippen molar-refractivity contribution in [2.45, 2.75) is 18.6 Å². The fourth-order valence-electron chi connectivity index (χ4n) is 3.96. The molecule has 0 fully saturated rings. The van der Waals surface area contributed by atoms with Crippen LogP contribution in [0.5, 0.6) is 0 Å². The molecule has 1 heteroatoms. The van der Waals surface area contributed by atoms with Crippen molar-refractivity contribution in [3.8, 4) is 0 Å². The van der Waals surface area contributed by atoms with Crippen LogP contribution >= 0.6 is 0 Å². The highest BCUT2D eigenvalue weighted by molar-refractivity contribution is 6.86. The van der Waals surface area contributed by atoms with Crippen molar-refractivity contribution < 1.29 is 0 Å². The van der Waals surface area contributed by atoms with Crippen LogP contribution in [0.3, 0.4) is 0 Å². The van der Waals surface area contributed by atoms with Crippen molar-refractivity contribution in [2.24, 2.45) is 5.92 Å². The summed E-state index contributed by atoms with van der Waals surface area (Å²) in [6, 6.07) is 8.88. The molecule has 2 unspecified atom stereocenters. The zero-order valence-electron chi connectivity index (χ0n) is 12.6. The van der Waals surface area contributed by atoms with E-state index in [0.29, 0.717) is 11.5 Å². The third-order valence-corrected chi connectivity index (χ3v) is 9.20. The summed E-state index contributed by atoms with van der Waals surface area (Å²) in [4.78, 5) is 0. The Hall–Kier alpha value is -1.86. The Morgan fingerprint density at radius 1 is 0.905 bits per heavy atom. The second-order valence-corrected chi connectivity index (χ2v) is 11.3. The van der Waals surface area contributed by atoms with Crippen molar-refractivity contribution in [3.63, 3.8) is 0 Å². The van der Waals surface area contributed by atoms with Crippen LogP contribution in [0.2, 0.25) is 13.1 Å². The van der Waals surface area contributed by atoms with Crippen molar-refractivity contribution >= 4 is 14.1 Å². The van der Waals surface area contributed by atoms with E-state index in [4.69, 9.17) is 0 Å². The summed E-state index contributed by atoms with van der Waals surface area (Å²) < 4.78 is 0. The monoisotopic (exact) mass is 288 g/mol. The van der Waals surface area contributed by atoms with Gasteiger partial charge in [0.15, 0.2) is 0 Å². The van der Waals surface area contributed by atoms with Crippen LogP contribution in [0.25, 0.3) is 6.08 Å². The van der Waals surface area contributed by atoms with Crippen LogP contribution in [0, 0.1) is 5.92 Å². The van der Waals surface area contributed by atoms with Gasteiger partial charge in [0.1, 0.15) is 0 Å². The second kappa shape index (κ2) is 4.57. The summed E-state index contributed by atoms with van der Waals surface area (Å²) in [5.74, 6) is 0.526. The Bertz CT molecular complexity index is 741. The molecule has 0 heterocycles. The van der Waals surface area contributed by atoms with Gasteiger partial charge in [-0.25, -0.2) is 0 Å². The lowest BCUT2D eigenvalue weighted by Gasteiger charge is -2.35. The molecule has 0 nitrogen and oxygen atoms in total. The van der Waals surface area contributed by atoms with E-state index >= 15 is 0 Å². The molecule has 2 atom stereocenters. The lowest BCUT2D eigenvalue weighted by Crippen LogP contribution is -2.38.